The van der Waals surface area contributed by atoms with Crippen molar-refractivity contribution in [3.63, 3.8) is 0 Å². The Hall–Kier alpha value is -4.88. The van der Waals surface area contributed by atoms with Crippen LogP contribution in [0.2, 0.25) is 0 Å². The molecule has 1 heterocycles. The number of nitrogens with zero attached hydrogens (tertiary/aromatic N) is 1. The lowest BCUT2D eigenvalue weighted by Crippen LogP contribution is -2.55. The van der Waals surface area contributed by atoms with Crippen molar-refractivity contribution < 1.29 is 0 Å². The number of rotatable bonds is 4. The van der Waals surface area contributed by atoms with Gasteiger partial charge < -0.3 is 4.90 Å². The minimum Gasteiger partial charge on any atom is -0.310 e. The third-order valence-electron chi connectivity index (χ3n) is 16.3. The van der Waals surface area contributed by atoms with Crippen LogP contribution < -0.4 is 4.90 Å². The van der Waals surface area contributed by atoms with E-state index in [4.69, 9.17) is 0 Å². The summed E-state index contributed by atoms with van der Waals surface area (Å²) in [6.07, 6.45) is 7.41. The van der Waals surface area contributed by atoms with Gasteiger partial charge in [-0.1, -0.05) is 115 Å². The lowest BCUT2D eigenvalue weighted by atomic mass is 9.45. The predicted molar refractivity (Wildman–Crippen MR) is 212 cm³/mol. The average Bonchev–Trinajstić information content (AvgIpc) is 3.43. The lowest BCUT2D eigenvalue weighted by molar-refractivity contribution is -0.120. The van der Waals surface area contributed by atoms with Crippen LogP contribution in [0, 0.1) is 52.8 Å². The SMILES string of the molecule is c1ccc(-c2ccc(N3c4ccc(-c5ccccc5)cc4C4(c5cc(-c6ccccc6)ccc53)C3CC5C6CC7CC8C4C(C7)C5(C3)C86)cc2)cc1. The van der Waals surface area contributed by atoms with E-state index in [1.807, 2.05) is 0 Å². The Labute approximate surface area is 307 Å². The molecule has 9 atom stereocenters. The Morgan fingerprint density at radius 1 is 0.442 bits per heavy atom. The molecule has 1 nitrogen and oxygen atoms in total. The largest absolute Gasteiger partial charge is 0.310 e. The van der Waals surface area contributed by atoms with Gasteiger partial charge in [0.25, 0.3) is 0 Å². The van der Waals surface area contributed by atoms with Crippen molar-refractivity contribution in [1.82, 2.24) is 0 Å². The first-order valence-corrected chi connectivity index (χ1v) is 20.1. The van der Waals surface area contributed by atoms with Gasteiger partial charge in [0, 0.05) is 11.1 Å². The van der Waals surface area contributed by atoms with Gasteiger partial charge in [-0.3, -0.25) is 0 Å². The van der Waals surface area contributed by atoms with Gasteiger partial charge in [-0.25, -0.2) is 0 Å². The van der Waals surface area contributed by atoms with Crippen LogP contribution in [0.15, 0.2) is 152 Å². The highest BCUT2D eigenvalue weighted by Gasteiger charge is 2.85. The number of anilines is 3. The minimum absolute atomic E-state index is 0.0241. The van der Waals surface area contributed by atoms with Gasteiger partial charge in [-0.05, 0) is 166 Å². The fourth-order valence-electron chi connectivity index (χ4n) is 15.1. The number of hydrogen-bond acceptors (Lipinski definition) is 1. The third-order valence-corrected chi connectivity index (χ3v) is 16.3. The van der Waals surface area contributed by atoms with Crippen molar-refractivity contribution in [2.75, 3.05) is 4.90 Å². The molecule has 0 saturated heterocycles. The van der Waals surface area contributed by atoms with Crippen molar-refractivity contribution in [2.24, 2.45) is 52.8 Å². The smallest absolute Gasteiger partial charge is 0.0503 e. The highest BCUT2D eigenvalue weighted by Crippen LogP contribution is 2.91. The first-order chi connectivity index (χ1) is 25.7. The molecule has 0 radical (unpaired) electrons. The molecule has 1 heteroatoms. The van der Waals surface area contributed by atoms with Crippen LogP contribution in [0.3, 0.4) is 0 Å². The molecule has 6 aromatic carbocycles. The molecule has 0 N–H and O–H groups in total. The molecule has 6 fully saturated rings. The zero-order chi connectivity index (χ0) is 33.8. The molecular formula is C51H43N. The predicted octanol–water partition coefficient (Wildman–Crippen LogP) is 12.7. The van der Waals surface area contributed by atoms with Crippen molar-refractivity contribution in [3.8, 4) is 33.4 Å². The Morgan fingerprint density at radius 3 is 1.56 bits per heavy atom. The Kier molecular flexibility index (Phi) is 5.49. The quantitative estimate of drug-likeness (QED) is 0.181. The van der Waals surface area contributed by atoms with Gasteiger partial charge in [-0.15, -0.1) is 0 Å². The molecular weight excluding hydrogens is 627 g/mol. The van der Waals surface area contributed by atoms with E-state index in [1.165, 1.54) is 76.1 Å². The normalized spacial score (nSPS) is 32.8. The third kappa shape index (κ3) is 3.34. The molecule has 0 amide bonds. The Bertz CT molecular complexity index is 2300. The summed E-state index contributed by atoms with van der Waals surface area (Å²) in [4.78, 5) is 2.65. The molecule has 6 aromatic rings. The second-order valence-electron chi connectivity index (χ2n) is 17.7. The molecule has 13 rings (SSSR count). The van der Waals surface area contributed by atoms with E-state index in [1.54, 1.807) is 17.5 Å². The van der Waals surface area contributed by atoms with E-state index in [0.717, 1.165) is 41.4 Å². The molecule has 0 aromatic heterocycles. The van der Waals surface area contributed by atoms with E-state index in [2.05, 4.69) is 157 Å². The maximum absolute atomic E-state index is 2.69. The van der Waals surface area contributed by atoms with Crippen molar-refractivity contribution in [2.45, 2.75) is 37.5 Å². The number of fused-ring (bicyclic) bond motifs is 8. The van der Waals surface area contributed by atoms with E-state index in [0.29, 0.717) is 11.3 Å². The zero-order valence-electron chi connectivity index (χ0n) is 29.5. The highest BCUT2D eigenvalue weighted by molar-refractivity contribution is 5.90. The van der Waals surface area contributed by atoms with Crippen LogP contribution >= 0.6 is 0 Å². The fraction of sp³-hybridized carbons (Fsp3) is 0.294. The van der Waals surface area contributed by atoms with Crippen LogP contribution in [0.1, 0.15) is 43.2 Å². The fourth-order valence-corrected chi connectivity index (χ4v) is 15.1. The Morgan fingerprint density at radius 2 is 0.962 bits per heavy atom. The van der Waals surface area contributed by atoms with Crippen LogP contribution in [0.4, 0.5) is 17.1 Å². The first kappa shape index (κ1) is 28.7. The molecule has 6 aliphatic carbocycles. The molecule has 2 spiro atoms. The molecule has 6 bridgehead atoms. The molecule has 52 heavy (non-hydrogen) atoms. The number of benzene rings is 6. The Balaban J connectivity index is 1.09. The summed E-state index contributed by atoms with van der Waals surface area (Å²) in [5.41, 5.74) is 15.9. The van der Waals surface area contributed by atoms with E-state index >= 15 is 0 Å². The maximum atomic E-state index is 2.69. The summed E-state index contributed by atoms with van der Waals surface area (Å²) < 4.78 is 0. The van der Waals surface area contributed by atoms with Gasteiger partial charge in [0.2, 0.25) is 0 Å². The number of hydrogen-bond donors (Lipinski definition) is 0. The summed E-state index contributed by atoms with van der Waals surface area (Å²) in [6, 6.07) is 57.9. The van der Waals surface area contributed by atoms with Crippen LogP contribution in [-0.2, 0) is 5.41 Å². The van der Waals surface area contributed by atoms with Gasteiger partial charge in [0.15, 0.2) is 0 Å². The van der Waals surface area contributed by atoms with Gasteiger partial charge in [-0.2, -0.15) is 0 Å². The second-order valence-corrected chi connectivity index (χ2v) is 17.7. The average molecular weight is 670 g/mol. The van der Waals surface area contributed by atoms with Crippen molar-refractivity contribution in [1.29, 1.82) is 0 Å². The van der Waals surface area contributed by atoms with E-state index < -0.39 is 0 Å². The highest BCUT2D eigenvalue weighted by atomic mass is 15.2. The summed E-state index contributed by atoms with van der Waals surface area (Å²) in [5.74, 6) is 7.14. The zero-order valence-corrected chi connectivity index (χ0v) is 29.5. The van der Waals surface area contributed by atoms with E-state index in [-0.39, 0.29) is 5.41 Å². The molecule has 6 saturated carbocycles. The summed E-state index contributed by atoms with van der Waals surface area (Å²) in [7, 11) is 0. The molecule has 9 unspecified atom stereocenters. The summed E-state index contributed by atoms with van der Waals surface area (Å²) >= 11 is 0. The lowest BCUT2D eigenvalue weighted by Gasteiger charge is -2.59. The van der Waals surface area contributed by atoms with Crippen LogP contribution in [0.25, 0.3) is 33.4 Å². The van der Waals surface area contributed by atoms with E-state index in [9.17, 15) is 0 Å². The van der Waals surface area contributed by atoms with Crippen LogP contribution in [0.5, 0.6) is 0 Å². The first-order valence-electron chi connectivity index (χ1n) is 20.1. The minimum atomic E-state index is 0.0241. The van der Waals surface area contributed by atoms with Gasteiger partial charge in [0.1, 0.15) is 0 Å². The molecule has 252 valence electrons. The maximum Gasteiger partial charge on any atom is 0.0503 e. The molecule has 1 aliphatic heterocycles. The standard InChI is InChI=1S/C51H43N/c1-4-10-32(11-5-1)35-16-20-39(21-17-35)52-46-22-18-36(33-12-6-2-7-13-33)27-43(46)51(44-28-37(19-23-47(44)52)34-14-8-3-9-15-34)38-29-42-40-24-31-25-41-48(40)50(42,30-38)45(26-31)49(41)51/h1-23,27-28,31,38,40-42,45,48-49H,24-26,29-30H2. The summed E-state index contributed by atoms with van der Waals surface area (Å²) in [5, 5.41) is 0. The van der Waals surface area contributed by atoms with Gasteiger partial charge in [0.05, 0.1) is 11.4 Å². The molecule has 7 aliphatic rings. The van der Waals surface area contributed by atoms with Gasteiger partial charge >= 0.3 is 0 Å². The second kappa shape index (κ2) is 9.95. The topological polar surface area (TPSA) is 3.24 Å². The monoisotopic (exact) mass is 669 g/mol. The van der Waals surface area contributed by atoms with Crippen molar-refractivity contribution in [3.05, 3.63) is 163 Å². The van der Waals surface area contributed by atoms with Crippen molar-refractivity contribution >= 4 is 17.1 Å². The van der Waals surface area contributed by atoms with Crippen LogP contribution in [-0.4, -0.2) is 0 Å². The summed E-state index contributed by atoms with van der Waals surface area (Å²) in [6.45, 7) is 0.